The molecule has 0 aromatic heterocycles. The second kappa shape index (κ2) is 7.81. The van der Waals surface area contributed by atoms with E-state index in [9.17, 15) is 9.59 Å². The third-order valence-corrected chi connectivity index (χ3v) is 8.12. The number of anilines is 1. The second-order valence-corrected chi connectivity index (χ2v) is 9.70. The van der Waals surface area contributed by atoms with Gasteiger partial charge in [-0.15, -0.1) is 0 Å². The number of amides is 1. The number of hydrogen-bond acceptors (Lipinski definition) is 8. The first-order chi connectivity index (χ1) is 15.0. The first-order valence-corrected chi connectivity index (χ1v) is 11.5. The number of rotatable bonds is 3. The number of nitrogens with two attached hydrogens (primary N) is 2. The van der Waals surface area contributed by atoms with Crippen molar-refractivity contribution in [1.29, 1.82) is 0 Å². The lowest BCUT2D eigenvalue weighted by Gasteiger charge is -2.41. The van der Waals surface area contributed by atoms with Crippen molar-refractivity contribution in [2.24, 2.45) is 5.73 Å². The lowest BCUT2D eigenvalue weighted by Crippen LogP contribution is -2.50. The molecule has 3 aliphatic rings. The fraction of sp³-hybridized carbons (Fsp3) is 0.273. The zero-order valence-corrected chi connectivity index (χ0v) is 18.3. The molecule has 31 heavy (non-hydrogen) atoms. The highest BCUT2D eigenvalue weighted by Gasteiger charge is 2.49. The number of hydrogen-bond donors (Lipinski definition) is 2. The van der Waals surface area contributed by atoms with Crippen LogP contribution in [0, 0.1) is 0 Å². The predicted molar refractivity (Wildman–Crippen MR) is 118 cm³/mol. The number of benzene rings is 2. The van der Waals surface area contributed by atoms with E-state index < -0.39 is 11.5 Å². The smallest absolute Gasteiger partial charge is 0.266 e. The number of primary amides is 1. The standard InChI is InChI=1S/C22H21N3O4S2/c23-13-4-5-16-18(10-13)30-17-3-1-2-15(20(17)31-16)22(21(24)27)12-14(26)11-19(29-22)25-6-8-28-9-7-25/h1-5,10-11H,6-9,12,23H2,(H2,24,27). The minimum atomic E-state index is -1.57. The molecule has 9 heteroatoms. The fourth-order valence-electron chi connectivity index (χ4n) is 3.97. The molecule has 0 radical (unpaired) electrons. The fourth-order valence-corrected chi connectivity index (χ4v) is 6.45. The lowest BCUT2D eigenvalue weighted by atomic mass is 9.86. The van der Waals surface area contributed by atoms with Gasteiger partial charge in [-0.2, -0.15) is 0 Å². The Labute approximate surface area is 188 Å². The number of ether oxygens (including phenoxy) is 2. The summed E-state index contributed by atoms with van der Waals surface area (Å²) in [6.07, 6.45) is 1.33. The highest BCUT2D eigenvalue weighted by Crippen LogP contribution is 2.53. The Morgan fingerprint density at radius 1 is 1.06 bits per heavy atom. The normalized spacial score (nSPS) is 22.8. The van der Waals surface area contributed by atoms with E-state index in [1.807, 2.05) is 41.3 Å². The van der Waals surface area contributed by atoms with Gasteiger partial charge in [0.15, 0.2) is 11.7 Å². The molecule has 1 fully saturated rings. The Hall–Kier alpha value is -2.62. The summed E-state index contributed by atoms with van der Waals surface area (Å²) in [6, 6.07) is 11.4. The summed E-state index contributed by atoms with van der Waals surface area (Å²) in [5.41, 5.74) is 11.6. The topological polar surface area (TPSA) is 108 Å². The Kier molecular flexibility index (Phi) is 5.11. The summed E-state index contributed by atoms with van der Waals surface area (Å²) in [4.78, 5) is 31.5. The average Bonchev–Trinajstić information content (AvgIpc) is 2.77. The Morgan fingerprint density at radius 3 is 2.65 bits per heavy atom. The molecular formula is C22H21N3O4S2. The summed E-state index contributed by atoms with van der Waals surface area (Å²) < 4.78 is 11.7. The van der Waals surface area contributed by atoms with Crippen LogP contribution in [0.4, 0.5) is 5.69 Å². The summed E-state index contributed by atoms with van der Waals surface area (Å²) in [5, 5.41) is 0. The van der Waals surface area contributed by atoms with Crippen molar-refractivity contribution < 1.29 is 19.1 Å². The third kappa shape index (κ3) is 3.56. The highest BCUT2D eigenvalue weighted by atomic mass is 32.2. The summed E-state index contributed by atoms with van der Waals surface area (Å²) >= 11 is 3.12. The van der Waals surface area contributed by atoms with Crippen molar-refractivity contribution in [3.8, 4) is 0 Å². The van der Waals surface area contributed by atoms with Crippen LogP contribution in [0.5, 0.6) is 0 Å². The molecule has 0 aliphatic carbocycles. The molecule has 3 aliphatic heterocycles. The van der Waals surface area contributed by atoms with Gasteiger partial charge in [0, 0.05) is 50.0 Å². The number of carbonyl (C=O) groups excluding carboxylic acids is 2. The monoisotopic (exact) mass is 455 g/mol. The molecule has 1 unspecified atom stereocenters. The van der Waals surface area contributed by atoms with Crippen LogP contribution in [-0.4, -0.2) is 42.9 Å². The third-order valence-electron chi connectivity index (χ3n) is 5.52. The van der Waals surface area contributed by atoms with Crippen molar-refractivity contribution in [2.45, 2.75) is 31.6 Å². The van der Waals surface area contributed by atoms with Crippen molar-refractivity contribution in [3.05, 3.63) is 53.9 Å². The predicted octanol–water partition coefficient (Wildman–Crippen LogP) is 2.73. The van der Waals surface area contributed by atoms with Gasteiger partial charge in [-0.1, -0.05) is 35.7 Å². The molecule has 2 aromatic rings. The van der Waals surface area contributed by atoms with Crippen LogP contribution in [0.1, 0.15) is 12.0 Å². The number of nitrogen functional groups attached to an aromatic ring is 1. The zero-order valence-electron chi connectivity index (χ0n) is 16.6. The Balaban J connectivity index is 1.58. The second-order valence-electron chi connectivity index (χ2n) is 7.56. The maximum Gasteiger partial charge on any atom is 0.266 e. The van der Waals surface area contributed by atoms with Crippen molar-refractivity contribution in [2.75, 3.05) is 32.0 Å². The molecule has 7 nitrogen and oxygen atoms in total. The Morgan fingerprint density at radius 2 is 1.87 bits per heavy atom. The molecule has 2 aromatic carbocycles. The van der Waals surface area contributed by atoms with Gasteiger partial charge in [0.1, 0.15) is 0 Å². The van der Waals surface area contributed by atoms with Crippen LogP contribution in [0.15, 0.2) is 67.9 Å². The van der Waals surface area contributed by atoms with Gasteiger partial charge in [0.25, 0.3) is 5.91 Å². The number of allylic oxidation sites excluding steroid dienone is 1. The quantitative estimate of drug-likeness (QED) is 0.581. The number of carbonyl (C=O) groups is 2. The lowest BCUT2D eigenvalue weighted by molar-refractivity contribution is -0.153. The van der Waals surface area contributed by atoms with Gasteiger partial charge in [-0.05, 0) is 24.3 Å². The molecule has 4 N–H and O–H groups in total. The molecule has 1 atom stereocenters. The molecule has 1 amide bonds. The van der Waals surface area contributed by atoms with Gasteiger partial charge < -0.3 is 25.8 Å². The van der Waals surface area contributed by atoms with Crippen molar-refractivity contribution >= 4 is 40.9 Å². The van der Waals surface area contributed by atoms with Crippen LogP contribution in [0.3, 0.4) is 0 Å². The minimum Gasteiger partial charge on any atom is -0.457 e. The largest absolute Gasteiger partial charge is 0.457 e. The maximum atomic E-state index is 12.9. The van der Waals surface area contributed by atoms with E-state index in [4.69, 9.17) is 20.9 Å². The van der Waals surface area contributed by atoms with Gasteiger partial charge in [-0.25, -0.2) is 0 Å². The van der Waals surface area contributed by atoms with E-state index in [2.05, 4.69) is 0 Å². The zero-order chi connectivity index (χ0) is 21.6. The van der Waals surface area contributed by atoms with Gasteiger partial charge in [0.05, 0.1) is 19.6 Å². The van der Waals surface area contributed by atoms with E-state index in [-0.39, 0.29) is 12.2 Å². The van der Waals surface area contributed by atoms with Gasteiger partial charge in [-0.3, -0.25) is 9.59 Å². The maximum absolute atomic E-state index is 12.9. The molecule has 0 bridgehead atoms. The van der Waals surface area contributed by atoms with Crippen molar-refractivity contribution in [3.63, 3.8) is 0 Å². The van der Waals surface area contributed by atoms with E-state index in [1.165, 1.54) is 17.8 Å². The molecule has 3 heterocycles. The number of fused-ring (bicyclic) bond motifs is 2. The molecule has 5 rings (SSSR count). The number of nitrogens with zero attached hydrogens (tertiary/aromatic N) is 1. The summed E-state index contributed by atoms with van der Waals surface area (Å²) in [7, 11) is 0. The highest BCUT2D eigenvalue weighted by molar-refractivity contribution is 8.05. The minimum absolute atomic E-state index is 0.132. The van der Waals surface area contributed by atoms with Crippen LogP contribution in [-0.2, 0) is 24.7 Å². The van der Waals surface area contributed by atoms with E-state index in [0.717, 1.165) is 19.6 Å². The molecular weight excluding hydrogens is 434 g/mol. The van der Waals surface area contributed by atoms with Crippen molar-refractivity contribution in [1.82, 2.24) is 4.90 Å². The SMILES string of the molecule is NC(=O)C1(c2cccc3c2Sc2ccc(N)cc2S3)CC(=O)C=C(N2CCOCC2)O1. The first-order valence-electron chi connectivity index (χ1n) is 9.91. The average molecular weight is 456 g/mol. The van der Waals surface area contributed by atoms with E-state index >= 15 is 0 Å². The molecule has 1 saturated heterocycles. The number of morpholine rings is 1. The van der Waals surface area contributed by atoms with Crippen LogP contribution in [0.25, 0.3) is 0 Å². The van der Waals surface area contributed by atoms with Crippen LogP contribution < -0.4 is 11.5 Å². The molecule has 0 spiro atoms. The number of ketones is 1. The summed E-state index contributed by atoms with van der Waals surface area (Å²) in [6.45, 7) is 2.23. The Bertz CT molecular complexity index is 1110. The van der Waals surface area contributed by atoms with Gasteiger partial charge in [0.2, 0.25) is 5.60 Å². The van der Waals surface area contributed by atoms with Crippen LogP contribution in [0.2, 0.25) is 0 Å². The van der Waals surface area contributed by atoms with Gasteiger partial charge >= 0.3 is 0 Å². The van der Waals surface area contributed by atoms with E-state index in [1.54, 1.807) is 11.8 Å². The van der Waals surface area contributed by atoms with E-state index in [0.29, 0.717) is 43.4 Å². The molecule has 0 saturated carbocycles. The van der Waals surface area contributed by atoms with Crippen LogP contribution >= 0.6 is 23.5 Å². The molecule has 160 valence electrons. The summed E-state index contributed by atoms with van der Waals surface area (Å²) in [5.74, 6) is -0.495. The first kappa shape index (κ1) is 20.3.